The number of hydrogen-bond donors (Lipinski definition) is 0. The van der Waals surface area contributed by atoms with Crippen molar-refractivity contribution in [1.29, 1.82) is 0 Å². The van der Waals surface area contributed by atoms with Crippen LogP contribution in [0.5, 0.6) is 0 Å². The second-order valence-corrected chi connectivity index (χ2v) is 3.12. The monoisotopic (exact) mass is 145 g/mol. The third-order valence-electron chi connectivity index (χ3n) is 2.13. The molecular weight excluding hydrogens is 134 g/mol. The van der Waals surface area contributed by atoms with E-state index >= 15 is 0 Å². The van der Waals surface area contributed by atoms with Gasteiger partial charge in [-0.2, -0.15) is 0 Å². The summed E-state index contributed by atoms with van der Waals surface area (Å²) in [6.07, 6.45) is 1.97. The molecule has 56 valence electrons. The Morgan fingerprint density at radius 2 is 2.09 bits per heavy atom. The van der Waals surface area contributed by atoms with E-state index in [2.05, 4.69) is 31.0 Å². The Kier molecular flexibility index (Phi) is 1.31. The van der Waals surface area contributed by atoms with Crippen molar-refractivity contribution in [3.05, 3.63) is 34.4 Å². The first-order valence-corrected chi connectivity index (χ1v) is 3.87. The van der Waals surface area contributed by atoms with E-state index in [1.54, 1.807) is 0 Å². The summed E-state index contributed by atoms with van der Waals surface area (Å²) in [5.74, 6) is 0. The third kappa shape index (κ3) is 0.967. The fourth-order valence-electron chi connectivity index (χ4n) is 1.60. The molecule has 0 N–H and O–H groups in total. The third-order valence-corrected chi connectivity index (χ3v) is 2.13. The predicted molar refractivity (Wildman–Crippen MR) is 47.2 cm³/mol. The smallest absolute Gasteiger partial charge is 0.0648 e. The minimum absolute atomic E-state index is 0.876. The molecule has 0 fully saturated rings. The van der Waals surface area contributed by atoms with Gasteiger partial charge in [0.2, 0.25) is 0 Å². The van der Waals surface area contributed by atoms with E-state index in [1.807, 2.05) is 6.21 Å². The van der Waals surface area contributed by atoms with Gasteiger partial charge in [-0.15, -0.1) is 0 Å². The van der Waals surface area contributed by atoms with Crippen LogP contribution in [-0.2, 0) is 6.54 Å². The lowest BCUT2D eigenvalue weighted by Gasteiger charge is -2.03. The standard InChI is InChI=1S/C10H11N/c1-7-3-8(2)10-6-11-5-9(10)4-7/h3-5H,6H2,1-2H3. The molecule has 0 radical (unpaired) electrons. The first-order valence-electron chi connectivity index (χ1n) is 3.87. The van der Waals surface area contributed by atoms with Crippen LogP contribution in [0, 0.1) is 13.8 Å². The summed E-state index contributed by atoms with van der Waals surface area (Å²) >= 11 is 0. The summed E-state index contributed by atoms with van der Waals surface area (Å²) in [5, 5.41) is 0. The predicted octanol–water partition coefficient (Wildman–Crippen LogP) is 2.24. The Labute approximate surface area is 66.8 Å². The molecule has 0 aliphatic carbocycles. The normalized spacial score (nSPS) is 13.6. The average Bonchev–Trinajstić information content (AvgIpc) is 2.34. The quantitative estimate of drug-likeness (QED) is 0.531. The number of nitrogens with zero attached hydrogens (tertiary/aromatic N) is 1. The fraction of sp³-hybridized carbons (Fsp3) is 0.300. The van der Waals surface area contributed by atoms with Gasteiger partial charge in [0.25, 0.3) is 0 Å². The van der Waals surface area contributed by atoms with E-state index in [-0.39, 0.29) is 0 Å². The van der Waals surface area contributed by atoms with Crippen LogP contribution in [0.3, 0.4) is 0 Å². The molecular formula is C10H11N. The molecule has 11 heavy (non-hydrogen) atoms. The van der Waals surface area contributed by atoms with Gasteiger partial charge in [0.15, 0.2) is 0 Å². The Hall–Kier alpha value is -1.11. The van der Waals surface area contributed by atoms with Crippen LogP contribution in [0.15, 0.2) is 17.1 Å². The average molecular weight is 145 g/mol. The number of benzene rings is 1. The van der Waals surface area contributed by atoms with Crippen molar-refractivity contribution in [3.8, 4) is 0 Å². The first-order chi connectivity index (χ1) is 5.27. The highest BCUT2D eigenvalue weighted by molar-refractivity contribution is 5.85. The van der Waals surface area contributed by atoms with E-state index < -0.39 is 0 Å². The van der Waals surface area contributed by atoms with Gasteiger partial charge in [0, 0.05) is 6.21 Å². The molecule has 1 aromatic rings. The van der Waals surface area contributed by atoms with Gasteiger partial charge in [-0.25, -0.2) is 0 Å². The largest absolute Gasteiger partial charge is 0.288 e. The van der Waals surface area contributed by atoms with Gasteiger partial charge < -0.3 is 0 Å². The van der Waals surface area contributed by atoms with Gasteiger partial charge in [-0.05, 0) is 30.5 Å². The van der Waals surface area contributed by atoms with E-state index in [4.69, 9.17) is 0 Å². The van der Waals surface area contributed by atoms with E-state index in [1.165, 1.54) is 22.3 Å². The van der Waals surface area contributed by atoms with Crippen LogP contribution in [0.4, 0.5) is 0 Å². The number of hydrogen-bond acceptors (Lipinski definition) is 1. The fourth-order valence-corrected chi connectivity index (χ4v) is 1.60. The zero-order valence-electron chi connectivity index (χ0n) is 6.89. The molecule has 1 nitrogen and oxygen atoms in total. The molecule has 1 heterocycles. The van der Waals surface area contributed by atoms with Crippen molar-refractivity contribution in [2.24, 2.45) is 4.99 Å². The van der Waals surface area contributed by atoms with E-state index in [0.717, 1.165) is 6.54 Å². The van der Waals surface area contributed by atoms with Crippen molar-refractivity contribution >= 4 is 6.21 Å². The maximum absolute atomic E-state index is 4.23. The number of rotatable bonds is 0. The van der Waals surface area contributed by atoms with Gasteiger partial charge in [-0.3, -0.25) is 4.99 Å². The maximum atomic E-state index is 4.23. The molecule has 0 unspecified atom stereocenters. The summed E-state index contributed by atoms with van der Waals surface area (Å²) < 4.78 is 0. The number of aliphatic imine (C=N–C) groups is 1. The molecule has 2 rings (SSSR count). The van der Waals surface area contributed by atoms with Gasteiger partial charge >= 0.3 is 0 Å². The molecule has 1 heteroatoms. The summed E-state index contributed by atoms with van der Waals surface area (Å²) in [7, 11) is 0. The lowest BCUT2D eigenvalue weighted by atomic mass is 10.0. The Morgan fingerprint density at radius 3 is 2.91 bits per heavy atom. The minimum Gasteiger partial charge on any atom is -0.288 e. The molecule has 0 saturated carbocycles. The van der Waals surface area contributed by atoms with Crippen LogP contribution in [-0.4, -0.2) is 6.21 Å². The highest BCUT2D eigenvalue weighted by atomic mass is 14.7. The molecule has 0 bridgehead atoms. The van der Waals surface area contributed by atoms with Crippen molar-refractivity contribution in [2.75, 3.05) is 0 Å². The number of aryl methyl sites for hydroxylation is 2. The van der Waals surface area contributed by atoms with Crippen molar-refractivity contribution in [2.45, 2.75) is 20.4 Å². The molecule has 1 aliphatic heterocycles. The molecule has 1 aromatic carbocycles. The lowest BCUT2D eigenvalue weighted by Crippen LogP contribution is -1.90. The van der Waals surface area contributed by atoms with Gasteiger partial charge in [0.05, 0.1) is 6.54 Å². The van der Waals surface area contributed by atoms with E-state index in [9.17, 15) is 0 Å². The number of fused-ring (bicyclic) bond motifs is 1. The van der Waals surface area contributed by atoms with Gasteiger partial charge in [0.1, 0.15) is 0 Å². The lowest BCUT2D eigenvalue weighted by molar-refractivity contribution is 1.08. The minimum atomic E-state index is 0.876. The molecule has 0 aromatic heterocycles. The SMILES string of the molecule is Cc1cc(C)c2c(c1)C=NC2. The molecule has 0 spiro atoms. The van der Waals surface area contributed by atoms with Crippen LogP contribution < -0.4 is 0 Å². The Balaban J connectivity index is 2.66. The van der Waals surface area contributed by atoms with Crippen molar-refractivity contribution in [1.82, 2.24) is 0 Å². The molecule has 0 amide bonds. The van der Waals surface area contributed by atoms with Crippen LogP contribution >= 0.6 is 0 Å². The van der Waals surface area contributed by atoms with Gasteiger partial charge in [-0.1, -0.05) is 17.7 Å². The van der Waals surface area contributed by atoms with Crippen LogP contribution in [0.2, 0.25) is 0 Å². The molecule has 0 saturated heterocycles. The van der Waals surface area contributed by atoms with Crippen molar-refractivity contribution < 1.29 is 0 Å². The summed E-state index contributed by atoms with van der Waals surface area (Å²) in [6.45, 7) is 5.15. The maximum Gasteiger partial charge on any atom is 0.0648 e. The zero-order valence-corrected chi connectivity index (χ0v) is 6.89. The highest BCUT2D eigenvalue weighted by Crippen LogP contribution is 2.20. The topological polar surface area (TPSA) is 12.4 Å². The Bertz CT molecular complexity index is 324. The second kappa shape index (κ2) is 2.19. The molecule has 0 atom stereocenters. The zero-order chi connectivity index (χ0) is 7.84. The summed E-state index contributed by atoms with van der Waals surface area (Å²) in [4.78, 5) is 4.23. The highest BCUT2D eigenvalue weighted by Gasteiger charge is 2.08. The summed E-state index contributed by atoms with van der Waals surface area (Å²) in [6, 6.07) is 4.41. The summed E-state index contributed by atoms with van der Waals surface area (Å²) in [5.41, 5.74) is 5.41. The molecule has 1 aliphatic rings. The van der Waals surface area contributed by atoms with Crippen LogP contribution in [0.25, 0.3) is 0 Å². The second-order valence-electron chi connectivity index (χ2n) is 3.12. The van der Waals surface area contributed by atoms with Crippen LogP contribution in [0.1, 0.15) is 22.3 Å². The van der Waals surface area contributed by atoms with E-state index in [0.29, 0.717) is 0 Å². The first kappa shape index (κ1) is 6.59. The van der Waals surface area contributed by atoms with Crippen molar-refractivity contribution in [3.63, 3.8) is 0 Å². The Morgan fingerprint density at radius 1 is 1.27 bits per heavy atom.